The Morgan fingerprint density at radius 3 is 2.58 bits per heavy atom. The van der Waals surface area contributed by atoms with Crippen molar-refractivity contribution < 1.29 is 8.42 Å². The average Bonchev–Trinajstić information content (AvgIpc) is 3.10. The predicted molar refractivity (Wildman–Crippen MR) is 93.6 cm³/mol. The first-order valence-electron chi connectivity index (χ1n) is 7.53. The van der Waals surface area contributed by atoms with Crippen molar-refractivity contribution in [2.24, 2.45) is 0 Å². The highest BCUT2D eigenvalue weighted by atomic mass is 32.2. The lowest BCUT2D eigenvalue weighted by Crippen LogP contribution is -2.20. The summed E-state index contributed by atoms with van der Waals surface area (Å²) >= 11 is 0. The van der Waals surface area contributed by atoms with E-state index in [1.807, 2.05) is 37.3 Å². The van der Waals surface area contributed by atoms with E-state index in [1.54, 1.807) is 35.4 Å². The second-order valence-electron chi connectivity index (χ2n) is 5.57. The van der Waals surface area contributed by atoms with Gasteiger partial charge in [-0.3, -0.25) is 9.29 Å². The summed E-state index contributed by atoms with van der Waals surface area (Å²) in [6, 6.07) is 13.0. The van der Waals surface area contributed by atoms with Gasteiger partial charge >= 0.3 is 0 Å². The summed E-state index contributed by atoms with van der Waals surface area (Å²) in [6.45, 7) is 1.90. The van der Waals surface area contributed by atoms with Gasteiger partial charge in [0.25, 0.3) is 0 Å². The molecule has 6 nitrogen and oxygen atoms in total. The van der Waals surface area contributed by atoms with Gasteiger partial charge in [0.1, 0.15) is 12.1 Å². The van der Waals surface area contributed by atoms with Crippen molar-refractivity contribution in [3.8, 4) is 5.82 Å². The molecule has 3 aromatic rings. The fraction of sp³-hybridized carbons (Fsp3) is 0.176. The number of nitrogens with zero attached hydrogens (tertiary/aromatic N) is 3. The molecule has 0 unspecified atom stereocenters. The van der Waals surface area contributed by atoms with Crippen LogP contribution in [0.5, 0.6) is 0 Å². The quantitative estimate of drug-likeness (QED) is 0.747. The molecular formula is C17H18N4O2S. The van der Waals surface area contributed by atoms with Gasteiger partial charge in [-0.1, -0.05) is 37.3 Å². The van der Waals surface area contributed by atoms with Crippen LogP contribution in [0.25, 0.3) is 5.82 Å². The molecule has 3 rings (SSSR count). The lowest BCUT2D eigenvalue weighted by atomic mass is 10.0. The van der Waals surface area contributed by atoms with E-state index < -0.39 is 10.0 Å². The number of hydrogen-bond acceptors (Lipinski definition) is 4. The highest BCUT2D eigenvalue weighted by molar-refractivity contribution is 7.92. The maximum Gasteiger partial charge on any atom is 0.233 e. The molecule has 124 valence electrons. The minimum absolute atomic E-state index is 0.0142. The van der Waals surface area contributed by atoms with Crippen LogP contribution >= 0.6 is 0 Å². The Balaban J connectivity index is 1.68. The van der Waals surface area contributed by atoms with Gasteiger partial charge in [-0.15, -0.1) is 0 Å². The number of nitrogens with one attached hydrogen (secondary N) is 1. The summed E-state index contributed by atoms with van der Waals surface area (Å²) in [4.78, 5) is 8.19. The number of anilines is 1. The first-order valence-corrected chi connectivity index (χ1v) is 9.18. The van der Waals surface area contributed by atoms with Gasteiger partial charge in [0.15, 0.2) is 0 Å². The molecule has 0 amide bonds. The van der Waals surface area contributed by atoms with Crippen molar-refractivity contribution in [2.75, 3.05) is 10.5 Å². The molecule has 0 spiro atoms. The van der Waals surface area contributed by atoms with Crippen LogP contribution in [0.1, 0.15) is 18.4 Å². The summed E-state index contributed by atoms with van der Waals surface area (Å²) in [5.41, 5.74) is 1.44. The molecule has 0 saturated heterocycles. The van der Waals surface area contributed by atoms with Crippen LogP contribution < -0.4 is 4.72 Å². The molecule has 0 radical (unpaired) electrons. The Hall–Kier alpha value is -2.67. The maximum atomic E-state index is 12.3. The number of hydrogen-bond donors (Lipinski definition) is 1. The van der Waals surface area contributed by atoms with E-state index in [1.165, 1.54) is 6.20 Å². The van der Waals surface area contributed by atoms with Crippen LogP contribution in [0, 0.1) is 0 Å². The lowest BCUT2D eigenvalue weighted by Gasteiger charge is -2.14. The fourth-order valence-corrected chi connectivity index (χ4v) is 3.84. The Morgan fingerprint density at radius 2 is 1.96 bits per heavy atom. The summed E-state index contributed by atoms with van der Waals surface area (Å²) < 4.78 is 29.0. The van der Waals surface area contributed by atoms with Crippen LogP contribution in [0.2, 0.25) is 0 Å². The van der Waals surface area contributed by atoms with Gasteiger partial charge in [-0.2, -0.15) is 0 Å². The SMILES string of the molecule is C[C@H](CS(=O)(=O)Nc1ccc(-n2ccnc2)nc1)c1ccccc1. The van der Waals surface area contributed by atoms with Crippen molar-refractivity contribution in [2.45, 2.75) is 12.8 Å². The molecule has 0 bridgehead atoms. The standard InChI is InChI=1S/C17H18N4O2S/c1-14(15-5-3-2-4-6-15)12-24(22,23)20-16-7-8-17(19-11-16)21-10-9-18-13-21/h2-11,13-14,20H,12H2,1H3/t14-/m1/s1. The molecule has 2 heterocycles. The molecule has 1 aromatic carbocycles. The second kappa shape index (κ2) is 6.84. The predicted octanol–water partition coefficient (Wildman–Crippen LogP) is 2.81. The first-order chi connectivity index (χ1) is 11.5. The van der Waals surface area contributed by atoms with Gasteiger partial charge in [-0.25, -0.2) is 18.4 Å². The van der Waals surface area contributed by atoms with Crippen molar-refractivity contribution in [3.63, 3.8) is 0 Å². The Morgan fingerprint density at radius 1 is 1.17 bits per heavy atom. The molecule has 2 aromatic heterocycles. The number of imidazole rings is 1. The topological polar surface area (TPSA) is 76.9 Å². The molecule has 0 saturated carbocycles. The summed E-state index contributed by atoms with van der Waals surface area (Å²) in [6.07, 6.45) is 6.56. The molecule has 24 heavy (non-hydrogen) atoms. The van der Waals surface area contributed by atoms with Gasteiger partial charge in [0, 0.05) is 12.4 Å². The minimum atomic E-state index is -3.46. The first kappa shape index (κ1) is 16.2. The van der Waals surface area contributed by atoms with Crippen LogP contribution in [0.15, 0.2) is 67.4 Å². The van der Waals surface area contributed by atoms with E-state index >= 15 is 0 Å². The highest BCUT2D eigenvalue weighted by Gasteiger charge is 2.17. The molecule has 7 heteroatoms. The van der Waals surface area contributed by atoms with Crippen LogP contribution in [-0.2, 0) is 10.0 Å². The van der Waals surface area contributed by atoms with E-state index in [4.69, 9.17) is 0 Å². The van der Waals surface area contributed by atoms with E-state index in [0.717, 1.165) is 5.56 Å². The van der Waals surface area contributed by atoms with Gasteiger partial charge in [0.2, 0.25) is 10.0 Å². The monoisotopic (exact) mass is 342 g/mol. The second-order valence-corrected chi connectivity index (χ2v) is 7.34. The third-order valence-corrected chi connectivity index (χ3v) is 5.11. The van der Waals surface area contributed by atoms with E-state index in [2.05, 4.69) is 14.7 Å². The summed E-state index contributed by atoms with van der Waals surface area (Å²) in [7, 11) is -3.46. The van der Waals surface area contributed by atoms with Crippen LogP contribution in [-0.4, -0.2) is 28.7 Å². The van der Waals surface area contributed by atoms with Gasteiger partial charge in [0.05, 0.1) is 17.6 Å². The van der Waals surface area contributed by atoms with E-state index in [-0.39, 0.29) is 11.7 Å². The summed E-state index contributed by atoms with van der Waals surface area (Å²) in [5.74, 6) is 0.593. The Bertz CT molecular complexity index is 876. The third-order valence-electron chi connectivity index (χ3n) is 3.63. The maximum absolute atomic E-state index is 12.3. The number of aromatic nitrogens is 3. The Kier molecular flexibility index (Phi) is 4.61. The number of pyridine rings is 1. The number of rotatable bonds is 6. The van der Waals surface area contributed by atoms with Crippen molar-refractivity contribution in [1.82, 2.24) is 14.5 Å². The van der Waals surface area contributed by atoms with Crippen molar-refractivity contribution in [1.29, 1.82) is 0 Å². The zero-order valence-corrected chi connectivity index (χ0v) is 14.0. The van der Waals surface area contributed by atoms with E-state index in [9.17, 15) is 8.42 Å². The largest absolute Gasteiger partial charge is 0.291 e. The fourth-order valence-electron chi connectivity index (χ4n) is 2.42. The van der Waals surface area contributed by atoms with Crippen molar-refractivity contribution in [3.05, 3.63) is 72.9 Å². The van der Waals surface area contributed by atoms with Crippen molar-refractivity contribution >= 4 is 15.7 Å². The van der Waals surface area contributed by atoms with Gasteiger partial charge < -0.3 is 0 Å². The summed E-state index contributed by atoms with van der Waals surface area (Å²) in [5, 5.41) is 0. The third kappa shape index (κ3) is 3.99. The molecule has 0 aliphatic heterocycles. The lowest BCUT2D eigenvalue weighted by molar-refractivity contribution is 0.595. The normalized spacial score (nSPS) is 12.7. The molecule has 0 aliphatic rings. The number of sulfonamides is 1. The highest BCUT2D eigenvalue weighted by Crippen LogP contribution is 2.18. The zero-order chi connectivity index (χ0) is 17.0. The molecule has 0 aliphatic carbocycles. The van der Waals surface area contributed by atoms with Crippen LogP contribution in [0.4, 0.5) is 5.69 Å². The van der Waals surface area contributed by atoms with Gasteiger partial charge in [-0.05, 0) is 23.6 Å². The van der Waals surface area contributed by atoms with E-state index in [0.29, 0.717) is 11.5 Å². The zero-order valence-electron chi connectivity index (χ0n) is 13.2. The minimum Gasteiger partial charge on any atom is -0.291 e. The molecular weight excluding hydrogens is 324 g/mol. The molecule has 1 atom stereocenters. The Labute approximate surface area is 141 Å². The van der Waals surface area contributed by atoms with Crippen LogP contribution in [0.3, 0.4) is 0 Å². The molecule has 1 N–H and O–H groups in total. The number of benzene rings is 1. The molecule has 0 fully saturated rings. The average molecular weight is 342 g/mol. The smallest absolute Gasteiger partial charge is 0.233 e.